The van der Waals surface area contributed by atoms with Crippen molar-refractivity contribution >= 4 is 21.5 Å². The average Bonchev–Trinajstić information content (AvgIpc) is 2.55. The maximum atomic E-state index is 13.9. The quantitative estimate of drug-likeness (QED) is 0.686. The zero-order chi connectivity index (χ0) is 13.4. The van der Waals surface area contributed by atoms with Crippen LogP contribution in [0, 0.1) is 11.6 Å². The first-order valence-electron chi connectivity index (χ1n) is 5.71. The third-order valence-electron chi connectivity index (χ3n) is 3.12. The Balaban J connectivity index is 2.27. The summed E-state index contributed by atoms with van der Waals surface area (Å²) in [6.07, 6.45) is 0. The van der Waals surface area contributed by atoms with Crippen LogP contribution in [0.4, 0.5) is 8.78 Å². The van der Waals surface area contributed by atoms with E-state index in [1.165, 1.54) is 18.2 Å². The number of hydrogen-bond acceptors (Lipinski definition) is 1. The molecule has 2 aromatic carbocycles. The lowest BCUT2D eigenvalue weighted by molar-refractivity contribution is 0.299. The highest BCUT2D eigenvalue weighted by molar-refractivity contribution is 9.11. The van der Waals surface area contributed by atoms with Crippen LogP contribution in [0.3, 0.4) is 0 Å². The predicted molar refractivity (Wildman–Crippen MR) is 73.1 cm³/mol. The van der Waals surface area contributed by atoms with Crippen molar-refractivity contribution in [2.24, 2.45) is 0 Å². The van der Waals surface area contributed by atoms with Crippen molar-refractivity contribution in [1.29, 1.82) is 0 Å². The van der Waals surface area contributed by atoms with Gasteiger partial charge >= 0.3 is 0 Å². The van der Waals surface area contributed by atoms with Gasteiger partial charge in [0.15, 0.2) is 0 Å². The van der Waals surface area contributed by atoms with Crippen LogP contribution in [-0.4, -0.2) is 0 Å². The minimum absolute atomic E-state index is 0.0861. The molecular formula is C15H9BrF2O. The van der Waals surface area contributed by atoms with E-state index in [1.54, 1.807) is 17.1 Å². The van der Waals surface area contributed by atoms with Crippen molar-refractivity contribution < 1.29 is 13.5 Å². The van der Waals surface area contributed by atoms with Crippen molar-refractivity contribution in [3.05, 3.63) is 69.7 Å². The standard InChI is InChI=1S/C15H9BrF2O/c16-7-12-10-2-1-3-14(18)13(10)8-19-15-6-9(17)4-5-11(12)15/h1-7H,8H2/b12-7-. The van der Waals surface area contributed by atoms with Gasteiger partial charge in [0.25, 0.3) is 0 Å². The summed E-state index contributed by atoms with van der Waals surface area (Å²) in [7, 11) is 0. The summed E-state index contributed by atoms with van der Waals surface area (Å²) in [5.41, 5.74) is 2.75. The summed E-state index contributed by atoms with van der Waals surface area (Å²) in [6, 6.07) is 9.19. The molecule has 3 rings (SSSR count). The SMILES string of the molecule is Fc1ccc2c(c1)OCc1c(F)cccc1/C2=C/Br. The van der Waals surface area contributed by atoms with Gasteiger partial charge in [-0.05, 0) is 28.7 Å². The van der Waals surface area contributed by atoms with E-state index in [0.717, 1.165) is 16.7 Å². The van der Waals surface area contributed by atoms with E-state index in [4.69, 9.17) is 4.74 Å². The monoisotopic (exact) mass is 322 g/mol. The van der Waals surface area contributed by atoms with Gasteiger partial charge in [0.1, 0.15) is 24.0 Å². The van der Waals surface area contributed by atoms with Gasteiger partial charge in [-0.3, -0.25) is 0 Å². The Morgan fingerprint density at radius 3 is 2.74 bits per heavy atom. The fourth-order valence-electron chi connectivity index (χ4n) is 2.21. The Labute approximate surface area is 117 Å². The number of hydrogen-bond donors (Lipinski definition) is 0. The molecule has 96 valence electrons. The maximum Gasteiger partial charge on any atom is 0.130 e. The smallest absolute Gasteiger partial charge is 0.130 e. The number of halogens is 3. The number of fused-ring (bicyclic) bond motifs is 2. The second kappa shape index (κ2) is 4.78. The van der Waals surface area contributed by atoms with Crippen molar-refractivity contribution in [3.63, 3.8) is 0 Å². The molecule has 0 saturated carbocycles. The number of rotatable bonds is 0. The average molecular weight is 323 g/mol. The van der Waals surface area contributed by atoms with Crippen LogP contribution in [0.1, 0.15) is 16.7 Å². The lowest BCUT2D eigenvalue weighted by atomic mass is 9.95. The molecule has 0 saturated heterocycles. The van der Waals surface area contributed by atoms with Gasteiger partial charge in [-0.2, -0.15) is 0 Å². The molecule has 2 aromatic rings. The molecule has 1 aliphatic heterocycles. The first-order chi connectivity index (χ1) is 9.20. The molecule has 1 aliphatic rings. The summed E-state index contributed by atoms with van der Waals surface area (Å²) in [6.45, 7) is 0.0861. The van der Waals surface area contributed by atoms with Crippen LogP contribution in [0.2, 0.25) is 0 Å². The van der Waals surface area contributed by atoms with Crippen molar-refractivity contribution in [3.8, 4) is 5.75 Å². The Morgan fingerprint density at radius 2 is 1.95 bits per heavy atom. The summed E-state index contributed by atoms with van der Waals surface area (Å²) in [4.78, 5) is 1.71. The van der Waals surface area contributed by atoms with E-state index in [0.29, 0.717) is 11.3 Å². The summed E-state index contributed by atoms with van der Waals surface area (Å²) < 4.78 is 32.7. The molecule has 0 amide bonds. The lowest BCUT2D eigenvalue weighted by Gasteiger charge is -2.09. The van der Waals surface area contributed by atoms with Crippen LogP contribution in [-0.2, 0) is 6.61 Å². The molecular weight excluding hydrogens is 314 g/mol. The second-order valence-corrected chi connectivity index (χ2v) is 4.68. The highest BCUT2D eigenvalue weighted by Crippen LogP contribution is 2.38. The van der Waals surface area contributed by atoms with Gasteiger partial charge in [0.05, 0.1) is 0 Å². The molecule has 0 aromatic heterocycles. The van der Waals surface area contributed by atoms with E-state index in [2.05, 4.69) is 15.9 Å². The van der Waals surface area contributed by atoms with Crippen LogP contribution in [0.25, 0.3) is 5.57 Å². The van der Waals surface area contributed by atoms with Crippen molar-refractivity contribution in [2.75, 3.05) is 0 Å². The van der Waals surface area contributed by atoms with Gasteiger partial charge in [0.2, 0.25) is 0 Å². The predicted octanol–water partition coefficient (Wildman–Crippen LogP) is 4.64. The zero-order valence-corrected chi connectivity index (χ0v) is 11.4. The molecule has 19 heavy (non-hydrogen) atoms. The first kappa shape index (κ1) is 12.4. The Kier molecular flexibility index (Phi) is 3.11. The lowest BCUT2D eigenvalue weighted by Crippen LogP contribution is -1.99. The fraction of sp³-hybridized carbons (Fsp3) is 0.0667. The van der Waals surface area contributed by atoms with Crippen LogP contribution < -0.4 is 4.74 Å². The largest absolute Gasteiger partial charge is 0.488 e. The van der Waals surface area contributed by atoms with E-state index in [9.17, 15) is 8.78 Å². The van der Waals surface area contributed by atoms with Crippen LogP contribution in [0.5, 0.6) is 5.75 Å². The van der Waals surface area contributed by atoms with Gasteiger partial charge in [-0.1, -0.05) is 28.1 Å². The normalized spacial score (nSPS) is 15.4. The molecule has 0 radical (unpaired) electrons. The van der Waals surface area contributed by atoms with Gasteiger partial charge in [-0.15, -0.1) is 0 Å². The molecule has 0 bridgehead atoms. The topological polar surface area (TPSA) is 9.23 Å². The van der Waals surface area contributed by atoms with E-state index in [1.807, 2.05) is 6.07 Å². The molecule has 0 N–H and O–H groups in total. The summed E-state index contributed by atoms with van der Waals surface area (Å²) in [5.74, 6) is -0.280. The Bertz CT molecular complexity index is 680. The molecule has 0 spiro atoms. The third kappa shape index (κ3) is 2.06. The Morgan fingerprint density at radius 1 is 1.11 bits per heavy atom. The second-order valence-electron chi connectivity index (χ2n) is 4.22. The third-order valence-corrected chi connectivity index (χ3v) is 3.58. The first-order valence-corrected chi connectivity index (χ1v) is 6.63. The molecule has 4 heteroatoms. The van der Waals surface area contributed by atoms with Gasteiger partial charge in [-0.25, -0.2) is 8.78 Å². The van der Waals surface area contributed by atoms with Gasteiger partial charge < -0.3 is 4.74 Å². The number of ether oxygens (including phenoxy) is 1. The van der Waals surface area contributed by atoms with Gasteiger partial charge in [0, 0.05) is 22.8 Å². The fourth-order valence-corrected chi connectivity index (χ4v) is 2.70. The van der Waals surface area contributed by atoms with Crippen molar-refractivity contribution in [1.82, 2.24) is 0 Å². The molecule has 0 atom stereocenters. The highest BCUT2D eigenvalue weighted by Gasteiger charge is 2.21. The molecule has 0 aliphatic carbocycles. The molecule has 0 fully saturated rings. The van der Waals surface area contributed by atoms with Crippen LogP contribution in [0.15, 0.2) is 41.4 Å². The maximum absolute atomic E-state index is 13.9. The molecule has 0 unspecified atom stereocenters. The summed E-state index contributed by atoms with van der Waals surface area (Å²) >= 11 is 3.29. The van der Waals surface area contributed by atoms with E-state index < -0.39 is 0 Å². The van der Waals surface area contributed by atoms with Crippen molar-refractivity contribution in [2.45, 2.75) is 6.61 Å². The van der Waals surface area contributed by atoms with Crippen LogP contribution >= 0.6 is 15.9 Å². The minimum atomic E-state index is -0.376. The Hall–Kier alpha value is -1.68. The zero-order valence-electron chi connectivity index (χ0n) is 9.79. The molecule has 1 heterocycles. The number of benzene rings is 2. The summed E-state index contributed by atoms with van der Waals surface area (Å²) in [5, 5.41) is 0. The molecule has 1 nitrogen and oxygen atoms in total. The highest BCUT2D eigenvalue weighted by atomic mass is 79.9. The van der Waals surface area contributed by atoms with E-state index in [-0.39, 0.29) is 18.2 Å². The minimum Gasteiger partial charge on any atom is -0.488 e. The van der Waals surface area contributed by atoms with E-state index >= 15 is 0 Å².